The third-order valence-corrected chi connectivity index (χ3v) is 8.76. The molecule has 39 heavy (non-hydrogen) atoms. The molecule has 2 aliphatic heterocycles. The van der Waals surface area contributed by atoms with Gasteiger partial charge in [0.05, 0.1) is 43.9 Å². The molecule has 0 spiro atoms. The maximum Gasteiger partial charge on any atom is 0.295 e. The molecule has 2 aromatic carbocycles. The molecule has 2 heterocycles. The lowest BCUT2D eigenvalue weighted by molar-refractivity contribution is -0.140. The molecule has 0 saturated carbocycles. The molecule has 0 aromatic heterocycles. The Balaban J connectivity index is 1.78. The molecule has 210 valence electrons. The van der Waals surface area contributed by atoms with E-state index in [1.165, 1.54) is 57.5 Å². The third-order valence-electron chi connectivity index (χ3n) is 6.93. The highest BCUT2D eigenvalue weighted by Crippen LogP contribution is 2.42. The fraction of sp³-hybridized carbons (Fsp3) is 0.407. The minimum Gasteiger partial charge on any atom is -0.507 e. The third kappa shape index (κ3) is 5.64. The number of morpholine rings is 1. The van der Waals surface area contributed by atoms with Crippen LogP contribution in [0.2, 0.25) is 0 Å². The number of carbonyl (C=O) groups excluding carboxylic acids is 2. The number of amides is 1. The first-order valence-corrected chi connectivity index (χ1v) is 13.9. The molecule has 1 amide bonds. The van der Waals surface area contributed by atoms with Gasteiger partial charge in [-0.1, -0.05) is 6.07 Å². The Hall–Kier alpha value is -3.45. The summed E-state index contributed by atoms with van der Waals surface area (Å²) >= 11 is 0. The zero-order valence-corrected chi connectivity index (χ0v) is 23.2. The van der Waals surface area contributed by atoms with Crippen LogP contribution in [0.15, 0.2) is 52.9 Å². The molecule has 2 fully saturated rings. The highest BCUT2D eigenvalue weighted by Gasteiger charge is 2.46. The monoisotopic (exact) mass is 559 g/mol. The zero-order valence-electron chi connectivity index (χ0n) is 22.4. The number of aliphatic hydroxyl groups is 1. The van der Waals surface area contributed by atoms with Crippen molar-refractivity contribution in [3.8, 4) is 11.5 Å². The van der Waals surface area contributed by atoms with Gasteiger partial charge in [-0.05, 0) is 42.0 Å². The smallest absolute Gasteiger partial charge is 0.295 e. The largest absolute Gasteiger partial charge is 0.507 e. The molecule has 0 aliphatic carbocycles. The van der Waals surface area contributed by atoms with Crippen molar-refractivity contribution in [2.24, 2.45) is 0 Å². The topological polar surface area (TPSA) is 126 Å². The van der Waals surface area contributed by atoms with Crippen molar-refractivity contribution < 1.29 is 37.3 Å². The van der Waals surface area contributed by atoms with E-state index in [1.54, 1.807) is 18.2 Å². The average Bonchev–Trinajstić information content (AvgIpc) is 3.20. The molecule has 1 N–H and O–H groups in total. The number of rotatable bonds is 9. The minimum atomic E-state index is -3.69. The Morgan fingerprint density at radius 1 is 1.00 bits per heavy atom. The summed E-state index contributed by atoms with van der Waals surface area (Å²) < 4.78 is 42.2. The SMILES string of the molecule is COc1ccc([C@@H]2C(=C(O)c3ccc(S(=O)(=O)N(C)C)cc3)C(=O)C(=O)N2CCN2CCOCC2)cc1OC. The molecule has 2 aliphatic rings. The fourth-order valence-electron chi connectivity index (χ4n) is 4.71. The summed E-state index contributed by atoms with van der Waals surface area (Å²) in [6, 6.07) is 9.72. The highest BCUT2D eigenvalue weighted by atomic mass is 32.2. The lowest BCUT2D eigenvalue weighted by atomic mass is 9.95. The van der Waals surface area contributed by atoms with Gasteiger partial charge in [-0.2, -0.15) is 0 Å². The predicted octanol–water partition coefficient (Wildman–Crippen LogP) is 1.71. The van der Waals surface area contributed by atoms with Crippen molar-refractivity contribution in [1.82, 2.24) is 14.1 Å². The number of sulfonamides is 1. The second-order valence-electron chi connectivity index (χ2n) is 9.37. The van der Waals surface area contributed by atoms with Crippen LogP contribution in [0.1, 0.15) is 17.2 Å². The van der Waals surface area contributed by atoms with E-state index in [0.717, 1.165) is 4.31 Å². The number of ether oxygens (including phenoxy) is 3. The normalized spacial score (nSPS) is 20.0. The van der Waals surface area contributed by atoms with Crippen LogP contribution >= 0.6 is 0 Å². The van der Waals surface area contributed by atoms with Crippen LogP contribution in [-0.4, -0.2) is 107 Å². The van der Waals surface area contributed by atoms with Crippen LogP contribution in [0.4, 0.5) is 0 Å². The van der Waals surface area contributed by atoms with Crippen LogP contribution in [0.25, 0.3) is 5.76 Å². The summed E-state index contributed by atoms with van der Waals surface area (Å²) in [5, 5.41) is 11.3. The molecule has 0 bridgehead atoms. The first-order chi connectivity index (χ1) is 18.6. The molecular formula is C27H33N3O8S. The van der Waals surface area contributed by atoms with E-state index >= 15 is 0 Å². The number of benzene rings is 2. The number of hydrogen-bond acceptors (Lipinski definition) is 9. The number of Topliss-reactive ketones (excluding diaryl/α,β-unsaturated/α-hetero) is 1. The van der Waals surface area contributed by atoms with Gasteiger partial charge in [-0.15, -0.1) is 0 Å². The second kappa shape index (κ2) is 11.7. The van der Waals surface area contributed by atoms with E-state index in [-0.39, 0.29) is 22.6 Å². The first-order valence-electron chi connectivity index (χ1n) is 12.4. The van der Waals surface area contributed by atoms with Crippen LogP contribution in [0.3, 0.4) is 0 Å². The minimum absolute atomic E-state index is 0.0338. The average molecular weight is 560 g/mol. The van der Waals surface area contributed by atoms with Gasteiger partial charge in [0.1, 0.15) is 5.76 Å². The van der Waals surface area contributed by atoms with Crippen molar-refractivity contribution in [3.05, 3.63) is 59.2 Å². The molecule has 12 heteroatoms. The Morgan fingerprint density at radius 3 is 2.23 bits per heavy atom. The van der Waals surface area contributed by atoms with Gasteiger partial charge in [0.25, 0.3) is 11.7 Å². The van der Waals surface area contributed by atoms with Crippen LogP contribution in [-0.2, 0) is 24.3 Å². The lowest BCUT2D eigenvalue weighted by Gasteiger charge is -2.31. The molecule has 4 rings (SSSR count). The Morgan fingerprint density at radius 2 is 1.64 bits per heavy atom. The molecule has 2 aromatic rings. The summed E-state index contributed by atoms with van der Waals surface area (Å²) in [6.07, 6.45) is 0. The number of hydrogen-bond donors (Lipinski definition) is 1. The van der Waals surface area contributed by atoms with Gasteiger partial charge in [0.15, 0.2) is 11.5 Å². The standard InChI is InChI=1S/C27H33N3O8S/c1-28(2)39(34,35)20-8-5-18(6-9-20)25(31)23-24(19-7-10-21(36-3)22(17-19)37-4)30(27(33)26(23)32)12-11-29-13-15-38-16-14-29/h5-10,17,24,31H,11-16H2,1-4H3/t24-/m1/s1. The van der Waals surface area contributed by atoms with Gasteiger partial charge < -0.3 is 24.2 Å². The maximum absolute atomic E-state index is 13.4. The van der Waals surface area contributed by atoms with E-state index in [0.29, 0.717) is 49.9 Å². The van der Waals surface area contributed by atoms with Gasteiger partial charge in [-0.3, -0.25) is 14.5 Å². The molecule has 2 saturated heterocycles. The van der Waals surface area contributed by atoms with Gasteiger partial charge in [-0.25, -0.2) is 12.7 Å². The van der Waals surface area contributed by atoms with Crippen molar-refractivity contribution in [1.29, 1.82) is 0 Å². The first kappa shape index (κ1) is 28.6. The van der Waals surface area contributed by atoms with E-state index in [2.05, 4.69) is 4.90 Å². The summed E-state index contributed by atoms with van der Waals surface area (Å²) in [5.74, 6) is -1.05. The number of likely N-dealkylation sites (tertiary alicyclic amines) is 1. The summed E-state index contributed by atoms with van der Waals surface area (Å²) in [4.78, 5) is 30.3. The van der Waals surface area contributed by atoms with E-state index in [9.17, 15) is 23.1 Å². The molecule has 1 atom stereocenters. The molecule has 11 nitrogen and oxygen atoms in total. The zero-order chi connectivity index (χ0) is 28.3. The van der Waals surface area contributed by atoms with Gasteiger partial charge in [0, 0.05) is 45.8 Å². The highest BCUT2D eigenvalue weighted by molar-refractivity contribution is 7.89. The van der Waals surface area contributed by atoms with Crippen molar-refractivity contribution in [2.45, 2.75) is 10.9 Å². The van der Waals surface area contributed by atoms with E-state index < -0.39 is 33.5 Å². The van der Waals surface area contributed by atoms with Crippen molar-refractivity contribution in [3.63, 3.8) is 0 Å². The number of nitrogens with zero attached hydrogens (tertiary/aromatic N) is 3. The van der Waals surface area contributed by atoms with Crippen LogP contribution < -0.4 is 9.47 Å². The van der Waals surface area contributed by atoms with Crippen LogP contribution in [0, 0.1) is 0 Å². The van der Waals surface area contributed by atoms with Gasteiger partial charge in [0.2, 0.25) is 10.0 Å². The van der Waals surface area contributed by atoms with Crippen LogP contribution in [0.5, 0.6) is 11.5 Å². The Bertz CT molecular complexity index is 1370. The van der Waals surface area contributed by atoms with Crippen molar-refractivity contribution >= 4 is 27.5 Å². The number of carbonyl (C=O) groups is 2. The van der Waals surface area contributed by atoms with Gasteiger partial charge >= 0.3 is 0 Å². The number of ketones is 1. The van der Waals surface area contributed by atoms with Crippen molar-refractivity contribution in [2.75, 3.05) is 67.7 Å². The fourth-order valence-corrected chi connectivity index (χ4v) is 5.61. The summed E-state index contributed by atoms with van der Waals surface area (Å²) in [5.41, 5.74) is 0.684. The Kier molecular flexibility index (Phi) is 8.60. The summed E-state index contributed by atoms with van der Waals surface area (Å²) in [7, 11) is 2.15. The summed E-state index contributed by atoms with van der Waals surface area (Å²) in [6.45, 7) is 3.40. The quantitative estimate of drug-likeness (QED) is 0.278. The predicted molar refractivity (Wildman–Crippen MR) is 143 cm³/mol. The number of aliphatic hydroxyl groups excluding tert-OH is 1. The second-order valence-corrected chi connectivity index (χ2v) is 11.5. The molecular weight excluding hydrogens is 526 g/mol. The Labute approximate surface area is 228 Å². The van der Waals surface area contributed by atoms with E-state index in [4.69, 9.17) is 14.2 Å². The maximum atomic E-state index is 13.4. The van der Waals surface area contributed by atoms with E-state index in [1.807, 2.05) is 0 Å². The lowest BCUT2D eigenvalue weighted by Crippen LogP contribution is -2.42. The molecule has 0 radical (unpaired) electrons. The number of methoxy groups -OCH3 is 2. The molecule has 0 unspecified atom stereocenters.